The number of aromatic nitrogens is 2. The van der Waals surface area contributed by atoms with Gasteiger partial charge >= 0.3 is 17.4 Å². The molecule has 2 aromatic heterocycles. The summed E-state index contributed by atoms with van der Waals surface area (Å²) in [5.74, 6) is 0.181. The van der Waals surface area contributed by atoms with Crippen LogP contribution >= 0.6 is 0 Å². The van der Waals surface area contributed by atoms with Crippen molar-refractivity contribution < 1.29 is 15.3 Å². The van der Waals surface area contributed by atoms with E-state index in [-0.39, 0.29) is 34.6 Å². The van der Waals surface area contributed by atoms with Crippen LogP contribution in [-0.4, -0.2) is 27.3 Å². The van der Waals surface area contributed by atoms with E-state index < -0.39 is 0 Å². The van der Waals surface area contributed by atoms with Crippen LogP contribution < -0.4 is 15.3 Å². The first-order chi connectivity index (χ1) is 16.6. The molecule has 0 fully saturated rings. The normalized spacial score (nSPS) is 10.1. The van der Waals surface area contributed by atoms with Crippen molar-refractivity contribution in [2.24, 2.45) is 0 Å². The van der Waals surface area contributed by atoms with Crippen molar-refractivity contribution in [3.63, 3.8) is 0 Å². The second-order valence-corrected chi connectivity index (χ2v) is 8.65. The molecule has 5 rings (SSSR count). The molecule has 0 saturated heterocycles. The van der Waals surface area contributed by atoms with Crippen LogP contribution in [0.15, 0.2) is 66.7 Å². The second-order valence-electron chi connectivity index (χ2n) is 8.65. The van der Waals surface area contributed by atoms with Gasteiger partial charge in [-0.25, -0.2) is 0 Å². The number of benzene rings is 3. The van der Waals surface area contributed by atoms with Crippen molar-refractivity contribution >= 4 is 39.2 Å². The van der Waals surface area contributed by atoms with Crippen LogP contribution in [0.3, 0.4) is 0 Å². The molecule has 2 heterocycles. The van der Waals surface area contributed by atoms with E-state index in [0.29, 0.717) is 11.0 Å². The van der Waals surface area contributed by atoms with Gasteiger partial charge in [0.05, 0.1) is 11.0 Å². The van der Waals surface area contributed by atoms with Crippen molar-refractivity contribution in [3.8, 4) is 17.2 Å². The van der Waals surface area contributed by atoms with Crippen LogP contribution in [0.1, 0.15) is 33.6 Å². The summed E-state index contributed by atoms with van der Waals surface area (Å²) in [5.41, 5.74) is 6.97. The van der Waals surface area contributed by atoms with Crippen molar-refractivity contribution in [3.05, 3.63) is 100 Å². The number of hydrogen-bond acceptors (Lipinski definition) is 5. The average molecular weight is 493 g/mol. The Hall–Kier alpha value is -3.59. The second kappa shape index (κ2) is 12.4. The molecule has 0 bridgehead atoms. The third-order valence-corrected chi connectivity index (χ3v) is 5.93. The summed E-state index contributed by atoms with van der Waals surface area (Å²) < 4.78 is 0. The molecule has 180 valence electrons. The zero-order valence-electron chi connectivity index (χ0n) is 21.5. The molecule has 0 N–H and O–H groups in total. The molecule has 0 unspecified atom stereocenters. The third-order valence-electron chi connectivity index (χ3n) is 5.93. The zero-order valence-corrected chi connectivity index (χ0v) is 22.7. The molecule has 5 aromatic rings. The number of hydrogen-bond donors (Lipinski definition) is 0. The first-order valence-corrected chi connectivity index (χ1v) is 11.4. The number of pyridine rings is 2. The van der Waals surface area contributed by atoms with Gasteiger partial charge in [0.25, 0.3) is 0 Å². The van der Waals surface area contributed by atoms with Crippen LogP contribution in [0.25, 0.3) is 21.8 Å². The molecule has 0 atom stereocenters. The van der Waals surface area contributed by atoms with Crippen LogP contribution in [-0.2, 0) is 0 Å². The monoisotopic (exact) mass is 492 g/mol. The summed E-state index contributed by atoms with van der Waals surface area (Å²) in [7, 11) is 0. The Kier molecular flexibility index (Phi) is 9.86. The molecule has 36 heavy (non-hydrogen) atoms. The van der Waals surface area contributed by atoms with E-state index in [1.54, 1.807) is 12.1 Å². The maximum Gasteiger partial charge on any atom is 3.00 e. The number of aryl methyl sites for hydroxylation is 4. The van der Waals surface area contributed by atoms with Gasteiger partial charge in [-0.15, -0.1) is 5.75 Å². The topological polar surface area (TPSA) is 95.0 Å². The number of para-hydroxylation sites is 2. The van der Waals surface area contributed by atoms with E-state index in [1.807, 2.05) is 84.0 Å². The summed E-state index contributed by atoms with van der Waals surface area (Å²) in [6, 6.07) is 20.0. The van der Waals surface area contributed by atoms with E-state index in [4.69, 9.17) is 0 Å². The molecule has 0 radical (unpaired) electrons. The van der Waals surface area contributed by atoms with Crippen LogP contribution in [0.2, 0.25) is 0 Å². The Morgan fingerprint density at radius 2 is 0.972 bits per heavy atom. The molecule has 0 spiro atoms. The maximum absolute atomic E-state index is 11.3. The van der Waals surface area contributed by atoms with Gasteiger partial charge in [0.1, 0.15) is 0 Å². The van der Waals surface area contributed by atoms with Crippen LogP contribution in [0.4, 0.5) is 0 Å². The Balaban J connectivity index is 0.000000188. The Morgan fingerprint density at radius 1 is 0.528 bits per heavy atom. The van der Waals surface area contributed by atoms with Gasteiger partial charge in [0.15, 0.2) is 0 Å². The predicted molar refractivity (Wildman–Crippen MR) is 142 cm³/mol. The van der Waals surface area contributed by atoms with Gasteiger partial charge in [-0.1, -0.05) is 77.2 Å². The third kappa shape index (κ3) is 6.75. The van der Waals surface area contributed by atoms with Crippen molar-refractivity contribution in [1.29, 1.82) is 0 Å². The SMILES string of the molecule is Cc1cc(C)c([O-])c(C)c1C.Cc1ccc2cccc([O-])c2n1.Cc1ccc2cccc([O-])c2n1.[Al+3]. The fraction of sp³-hybridized carbons (Fsp3) is 0.200. The van der Waals surface area contributed by atoms with Gasteiger partial charge in [-0.05, 0) is 75.6 Å². The first-order valence-electron chi connectivity index (χ1n) is 11.4. The van der Waals surface area contributed by atoms with Gasteiger partial charge in [0, 0.05) is 11.4 Å². The van der Waals surface area contributed by atoms with Crippen molar-refractivity contribution in [2.45, 2.75) is 41.5 Å². The van der Waals surface area contributed by atoms with Gasteiger partial charge < -0.3 is 15.3 Å². The molecule has 0 amide bonds. The van der Waals surface area contributed by atoms with Crippen molar-refractivity contribution in [2.75, 3.05) is 0 Å². The van der Waals surface area contributed by atoms with E-state index in [9.17, 15) is 15.3 Å². The van der Waals surface area contributed by atoms with Crippen LogP contribution in [0.5, 0.6) is 17.2 Å². The number of nitrogens with zero attached hydrogens (tertiary/aromatic N) is 2. The van der Waals surface area contributed by atoms with E-state index in [1.165, 1.54) is 17.7 Å². The fourth-order valence-corrected chi connectivity index (χ4v) is 3.70. The summed E-state index contributed by atoms with van der Waals surface area (Å²) >= 11 is 0. The maximum atomic E-state index is 11.3. The number of fused-ring (bicyclic) bond motifs is 2. The molecule has 0 aliphatic rings. The molecule has 6 heteroatoms. The molecule has 0 aliphatic heterocycles. The molecule has 3 aromatic carbocycles. The minimum absolute atomic E-state index is 0. The minimum Gasteiger partial charge on any atom is -0.872 e. The van der Waals surface area contributed by atoms with Crippen molar-refractivity contribution in [1.82, 2.24) is 9.97 Å². The Morgan fingerprint density at radius 3 is 1.42 bits per heavy atom. The van der Waals surface area contributed by atoms with Gasteiger partial charge in [-0.3, -0.25) is 9.97 Å². The fourth-order valence-electron chi connectivity index (χ4n) is 3.70. The van der Waals surface area contributed by atoms with Gasteiger partial charge in [-0.2, -0.15) is 0 Å². The Bertz CT molecular complexity index is 1390. The summed E-state index contributed by atoms with van der Waals surface area (Å²) in [6.07, 6.45) is 0. The summed E-state index contributed by atoms with van der Waals surface area (Å²) in [5, 5.41) is 35.7. The average Bonchev–Trinajstić information content (AvgIpc) is 2.83. The molecular weight excluding hydrogens is 463 g/mol. The smallest absolute Gasteiger partial charge is 0.872 e. The van der Waals surface area contributed by atoms with E-state index in [0.717, 1.165) is 38.9 Å². The molecule has 0 aliphatic carbocycles. The molecular formula is C30H29AlN2O3. The standard InChI is InChI=1S/2C10H9NO.C10H14O.Al/c2*1-7-5-6-8-3-2-4-9(12)10(8)11-7;1-6-5-7(2)10(11)9(4)8(6)3;/h2*2-6,12H,1H3;5,11H,1-4H3;/q;;;+3/p-3. The quantitative estimate of drug-likeness (QED) is 0.288. The molecule has 5 nitrogen and oxygen atoms in total. The van der Waals surface area contributed by atoms with E-state index in [2.05, 4.69) is 9.97 Å². The first kappa shape index (κ1) is 28.6. The summed E-state index contributed by atoms with van der Waals surface area (Å²) in [4.78, 5) is 8.33. The minimum atomic E-state index is -0.00352. The predicted octanol–water partition coefficient (Wildman–Crippen LogP) is 4.85. The molecule has 0 saturated carbocycles. The Labute approximate surface area is 223 Å². The van der Waals surface area contributed by atoms with Crippen LogP contribution in [0, 0.1) is 41.5 Å². The van der Waals surface area contributed by atoms with E-state index >= 15 is 0 Å². The summed E-state index contributed by atoms with van der Waals surface area (Å²) in [6.45, 7) is 11.5. The zero-order chi connectivity index (χ0) is 25.7. The number of rotatable bonds is 0. The largest absolute Gasteiger partial charge is 3.00 e. The van der Waals surface area contributed by atoms with Gasteiger partial charge in [0.2, 0.25) is 0 Å².